The number of aliphatic hydroxyl groups is 1. The van der Waals surface area contributed by atoms with E-state index in [9.17, 15) is 0 Å². The summed E-state index contributed by atoms with van der Waals surface area (Å²) in [5.74, 6) is -0.0787. The highest BCUT2D eigenvalue weighted by Crippen LogP contribution is 2.29. The Bertz CT molecular complexity index is 250. The molecule has 60 valence electrons. The van der Waals surface area contributed by atoms with Gasteiger partial charge in [-0.1, -0.05) is 23.2 Å². The molecule has 0 radical (unpaired) electrons. The predicted octanol–water partition coefficient (Wildman–Crippen LogP) is 2.19. The van der Waals surface area contributed by atoms with Crippen LogP contribution in [0.2, 0.25) is 10.0 Å². The Morgan fingerprint density at radius 3 is 2.36 bits per heavy atom. The maximum Gasteiger partial charge on any atom is 0.124 e. The smallest absolute Gasteiger partial charge is 0.124 e. The summed E-state index contributed by atoms with van der Waals surface area (Å²) in [7, 11) is 0. The molecule has 0 atom stereocenters. The Balaban J connectivity index is 3.25. The largest absolute Gasteiger partial charge is 0.507 e. The molecule has 0 aliphatic carbocycles. The topological polar surface area (TPSA) is 40.5 Å². The van der Waals surface area contributed by atoms with Crippen molar-refractivity contribution in [2.45, 2.75) is 6.61 Å². The van der Waals surface area contributed by atoms with E-state index in [1.165, 1.54) is 12.1 Å². The first-order valence-electron chi connectivity index (χ1n) is 2.93. The fraction of sp³-hybridized carbons (Fsp3) is 0.143. The Kier molecular flexibility index (Phi) is 2.60. The third-order valence-electron chi connectivity index (χ3n) is 1.29. The highest BCUT2D eigenvalue weighted by Gasteiger charge is 2.05. The van der Waals surface area contributed by atoms with Crippen LogP contribution in [-0.2, 0) is 6.61 Å². The van der Waals surface area contributed by atoms with Crippen LogP contribution in [0.4, 0.5) is 0 Å². The third-order valence-corrected chi connectivity index (χ3v) is 1.85. The van der Waals surface area contributed by atoms with Crippen molar-refractivity contribution in [2.24, 2.45) is 0 Å². The van der Waals surface area contributed by atoms with Crippen LogP contribution in [0.5, 0.6) is 5.75 Å². The lowest BCUT2D eigenvalue weighted by molar-refractivity contribution is 0.275. The lowest BCUT2D eigenvalue weighted by atomic mass is 10.2. The van der Waals surface area contributed by atoms with Gasteiger partial charge in [-0.05, 0) is 12.1 Å². The highest BCUT2D eigenvalue weighted by molar-refractivity contribution is 6.35. The Morgan fingerprint density at radius 1 is 1.27 bits per heavy atom. The summed E-state index contributed by atoms with van der Waals surface area (Å²) in [5, 5.41) is 18.5. The maximum absolute atomic E-state index is 9.14. The van der Waals surface area contributed by atoms with Crippen molar-refractivity contribution >= 4 is 23.2 Å². The first-order chi connectivity index (χ1) is 5.15. The molecule has 0 spiro atoms. The molecule has 0 amide bonds. The molecular weight excluding hydrogens is 187 g/mol. The number of hydrogen-bond acceptors (Lipinski definition) is 2. The second-order valence-corrected chi connectivity index (χ2v) is 2.89. The number of phenols is 1. The van der Waals surface area contributed by atoms with Gasteiger partial charge in [0, 0.05) is 10.6 Å². The van der Waals surface area contributed by atoms with Crippen molar-refractivity contribution in [2.75, 3.05) is 0 Å². The molecule has 0 saturated heterocycles. The monoisotopic (exact) mass is 192 g/mol. The maximum atomic E-state index is 9.14. The summed E-state index contributed by atoms with van der Waals surface area (Å²) in [6, 6.07) is 2.80. The van der Waals surface area contributed by atoms with E-state index in [2.05, 4.69) is 0 Å². The van der Waals surface area contributed by atoms with Crippen molar-refractivity contribution in [3.63, 3.8) is 0 Å². The molecule has 1 rings (SSSR count). The van der Waals surface area contributed by atoms with Gasteiger partial charge in [-0.3, -0.25) is 0 Å². The third kappa shape index (κ3) is 1.77. The van der Waals surface area contributed by atoms with Gasteiger partial charge in [0.15, 0.2) is 0 Å². The molecule has 0 saturated carbocycles. The first-order valence-corrected chi connectivity index (χ1v) is 3.68. The van der Waals surface area contributed by atoms with E-state index in [-0.39, 0.29) is 17.4 Å². The zero-order chi connectivity index (χ0) is 8.43. The Hall–Kier alpha value is -0.440. The predicted molar refractivity (Wildman–Crippen MR) is 44.0 cm³/mol. The van der Waals surface area contributed by atoms with E-state index in [1.807, 2.05) is 0 Å². The summed E-state index contributed by atoms with van der Waals surface area (Å²) in [4.78, 5) is 0. The highest BCUT2D eigenvalue weighted by atomic mass is 35.5. The van der Waals surface area contributed by atoms with Gasteiger partial charge >= 0.3 is 0 Å². The zero-order valence-electron chi connectivity index (χ0n) is 5.51. The van der Waals surface area contributed by atoms with Crippen LogP contribution in [0, 0.1) is 0 Å². The summed E-state index contributed by atoms with van der Waals surface area (Å²) in [5.41, 5.74) is 0.302. The zero-order valence-corrected chi connectivity index (χ0v) is 7.02. The van der Waals surface area contributed by atoms with Gasteiger partial charge in [0.25, 0.3) is 0 Å². The van der Waals surface area contributed by atoms with E-state index in [0.29, 0.717) is 10.6 Å². The molecule has 1 aromatic carbocycles. The molecule has 2 N–H and O–H groups in total. The van der Waals surface area contributed by atoms with Crippen molar-refractivity contribution in [1.82, 2.24) is 0 Å². The van der Waals surface area contributed by atoms with Gasteiger partial charge in [-0.15, -0.1) is 0 Å². The van der Waals surface area contributed by atoms with Gasteiger partial charge in [-0.2, -0.15) is 0 Å². The van der Waals surface area contributed by atoms with Crippen LogP contribution in [0.3, 0.4) is 0 Å². The number of rotatable bonds is 1. The molecule has 0 aliphatic heterocycles. The van der Waals surface area contributed by atoms with Crippen molar-refractivity contribution in [1.29, 1.82) is 0 Å². The average Bonchev–Trinajstić information content (AvgIpc) is 1.85. The summed E-state index contributed by atoms with van der Waals surface area (Å²) >= 11 is 11.2. The molecule has 2 nitrogen and oxygen atoms in total. The fourth-order valence-electron chi connectivity index (χ4n) is 0.746. The summed E-state index contributed by atoms with van der Waals surface area (Å²) < 4.78 is 0. The van der Waals surface area contributed by atoms with Crippen LogP contribution >= 0.6 is 23.2 Å². The van der Waals surface area contributed by atoms with Gasteiger partial charge < -0.3 is 10.2 Å². The average molecular weight is 193 g/mol. The summed E-state index contributed by atoms with van der Waals surface area (Å²) in [6.07, 6.45) is 0. The van der Waals surface area contributed by atoms with Crippen LogP contribution in [0.1, 0.15) is 5.56 Å². The fourth-order valence-corrected chi connectivity index (χ4v) is 1.29. The Morgan fingerprint density at radius 2 is 1.91 bits per heavy atom. The lowest BCUT2D eigenvalue weighted by Gasteiger charge is -2.03. The van der Waals surface area contributed by atoms with Crippen LogP contribution in [0.15, 0.2) is 12.1 Å². The number of hydrogen-bond donors (Lipinski definition) is 2. The van der Waals surface area contributed by atoms with Gasteiger partial charge in [0.05, 0.1) is 11.6 Å². The van der Waals surface area contributed by atoms with Gasteiger partial charge in [-0.25, -0.2) is 0 Å². The van der Waals surface area contributed by atoms with Crippen molar-refractivity contribution < 1.29 is 10.2 Å². The number of halogens is 2. The summed E-state index contributed by atoms with van der Waals surface area (Å²) in [6.45, 7) is -0.290. The van der Waals surface area contributed by atoms with Gasteiger partial charge in [0.1, 0.15) is 5.75 Å². The molecular formula is C7H6Cl2O2. The van der Waals surface area contributed by atoms with E-state index in [1.54, 1.807) is 0 Å². The minimum atomic E-state index is -0.290. The molecule has 1 aromatic rings. The van der Waals surface area contributed by atoms with Crippen LogP contribution < -0.4 is 0 Å². The molecule has 0 unspecified atom stereocenters. The van der Waals surface area contributed by atoms with Crippen LogP contribution in [-0.4, -0.2) is 10.2 Å². The minimum Gasteiger partial charge on any atom is -0.507 e. The molecule has 0 heterocycles. The number of aromatic hydroxyl groups is 1. The first kappa shape index (κ1) is 8.65. The van der Waals surface area contributed by atoms with Gasteiger partial charge in [0.2, 0.25) is 0 Å². The molecule has 0 fully saturated rings. The lowest BCUT2D eigenvalue weighted by Crippen LogP contribution is -1.85. The minimum absolute atomic E-state index is 0.0787. The molecule has 0 aromatic heterocycles. The Labute approximate surface area is 74.0 Å². The quantitative estimate of drug-likeness (QED) is 0.717. The normalized spacial score (nSPS) is 10.1. The molecule has 0 bridgehead atoms. The molecule has 4 heteroatoms. The number of aliphatic hydroxyl groups excluding tert-OH is 1. The van der Waals surface area contributed by atoms with E-state index < -0.39 is 0 Å². The van der Waals surface area contributed by atoms with E-state index >= 15 is 0 Å². The second-order valence-electron chi connectivity index (χ2n) is 2.04. The van der Waals surface area contributed by atoms with Crippen LogP contribution in [0.25, 0.3) is 0 Å². The van der Waals surface area contributed by atoms with Crippen molar-refractivity contribution in [3.8, 4) is 5.75 Å². The van der Waals surface area contributed by atoms with E-state index in [4.69, 9.17) is 33.4 Å². The van der Waals surface area contributed by atoms with Crippen molar-refractivity contribution in [3.05, 3.63) is 27.7 Å². The second kappa shape index (κ2) is 3.30. The number of benzene rings is 1. The molecule has 0 aliphatic rings. The molecule has 11 heavy (non-hydrogen) atoms. The standard InChI is InChI=1S/C7H6Cl2O2/c8-4-1-6(9)5(3-10)7(11)2-4/h1-2,10-11H,3H2. The van der Waals surface area contributed by atoms with E-state index in [0.717, 1.165) is 0 Å². The SMILES string of the molecule is OCc1c(O)cc(Cl)cc1Cl.